The van der Waals surface area contributed by atoms with E-state index >= 15 is 0 Å². The number of nitrogens with one attached hydrogen (secondary N) is 1. The molecule has 2 aromatic carbocycles. The van der Waals surface area contributed by atoms with Crippen molar-refractivity contribution in [2.24, 2.45) is 0 Å². The number of sulfonamides is 1. The third kappa shape index (κ3) is 4.16. The van der Waals surface area contributed by atoms with Crippen LogP contribution in [0.5, 0.6) is 11.5 Å². The Balaban J connectivity index is 1.69. The monoisotopic (exact) mass is 379 g/mol. The van der Waals surface area contributed by atoms with Crippen LogP contribution in [0.2, 0.25) is 0 Å². The second-order valence-electron chi connectivity index (χ2n) is 6.29. The fourth-order valence-corrected chi connectivity index (χ4v) is 4.27. The first-order valence-electron chi connectivity index (χ1n) is 8.58. The Kier molecular flexibility index (Phi) is 5.48. The van der Waals surface area contributed by atoms with Crippen LogP contribution >= 0.6 is 0 Å². The van der Waals surface area contributed by atoms with Gasteiger partial charge in [0.15, 0.2) is 11.6 Å². The van der Waals surface area contributed by atoms with E-state index in [2.05, 4.69) is 4.72 Å². The molecule has 7 heteroatoms. The van der Waals surface area contributed by atoms with Gasteiger partial charge >= 0.3 is 0 Å². The Hall–Kier alpha value is -2.12. The van der Waals surface area contributed by atoms with Crippen LogP contribution < -0.4 is 14.2 Å². The topological polar surface area (TPSA) is 64.6 Å². The highest BCUT2D eigenvalue weighted by molar-refractivity contribution is 7.89. The van der Waals surface area contributed by atoms with E-state index in [-0.39, 0.29) is 16.7 Å². The van der Waals surface area contributed by atoms with Crippen molar-refractivity contribution in [3.05, 3.63) is 53.3 Å². The van der Waals surface area contributed by atoms with Crippen LogP contribution in [0, 0.1) is 5.82 Å². The second kappa shape index (κ2) is 7.63. The molecule has 0 bridgehead atoms. The number of hydrogen-bond donors (Lipinski definition) is 1. The molecule has 1 N–H and O–H groups in total. The molecule has 2 aromatic rings. The number of ether oxygens (including phenoxy) is 2. The maximum Gasteiger partial charge on any atom is 0.240 e. The van der Waals surface area contributed by atoms with Crippen molar-refractivity contribution < 1.29 is 22.3 Å². The summed E-state index contributed by atoms with van der Waals surface area (Å²) in [5.74, 6) is 0.243. The van der Waals surface area contributed by atoms with Crippen molar-refractivity contribution in [2.45, 2.75) is 37.6 Å². The van der Waals surface area contributed by atoms with Crippen LogP contribution in [0.1, 0.15) is 25.0 Å². The molecule has 1 unspecified atom stereocenters. The molecule has 5 nitrogen and oxygen atoms in total. The first-order chi connectivity index (χ1) is 12.4. The van der Waals surface area contributed by atoms with Gasteiger partial charge in [0, 0.05) is 12.5 Å². The molecule has 1 heterocycles. The molecule has 3 rings (SSSR count). The van der Waals surface area contributed by atoms with Crippen molar-refractivity contribution in [1.29, 1.82) is 0 Å². The van der Waals surface area contributed by atoms with E-state index in [1.807, 2.05) is 18.2 Å². The van der Waals surface area contributed by atoms with Crippen molar-refractivity contribution >= 4 is 10.0 Å². The van der Waals surface area contributed by atoms with E-state index in [4.69, 9.17) is 9.47 Å². The average Bonchev–Trinajstić information content (AvgIpc) is 3.04. The van der Waals surface area contributed by atoms with E-state index in [9.17, 15) is 12.8 Å². The summed E-state index contributed by atoms with van der Waals surface area (Å²) in [6, 6.07) is 9.21. The summed E-state index contributed by atoms with van der Waals surface area (Å²) in [4.78, 5) is -0.118. The molecular weight excluding hydrogens is 357 g/mol. The van der Waals surface area contributed by atoms with Gasteiger partial charge in [-0.25, -0.2) is 17.5 Å². The normalized spacial score (nSPS) is 14.6. The Morgan fingerprint density at radius 3 is 2.81 bits per heavy atom. The van der Waals surface area contributed by atoms with Gasteiger partial charge in [-0.1, -0.05) is 12.1 Å². The highest BCUT2D eigenvalue weighted by Crippen LogP contribution is 2.26. The third-order valence-corrected chi connectivity index (χ3v) is 5.75. The summed E-state index contributed by atoms with van der Waals surface area (Å²) in [5.41, 5.74) is 2.17. The SMILES string of the molecule is CCOc1ccc(S(=O)(=O)NC(C)Cc2ccc3c(c2)CCO3)cc1F. The van der Waals surface area contributed by atoms with Crippen LogP contribution in [0.25, 0.3) is 0 Å². The lowest BCUT2D eigenvalue weighted by Gasteiger charge is -2.15. The Bertz CT molecular complexity index is 898. The maximum atomic E-state index is 13.9. The third-order valence-electron chi connectivity index (χ3n) is 4.17. The van der Waals surface area contributed by atoms with Gasteiger partial charge in [0.2, 0.25) is 10.0 Å². The summed E-state index contributed by atoms with van der Waals surface area (Å²) in [5, 5.41) is 0. The van der Waals surface area contributed by atoms with Gasteiger partial charge in [0.1, 0.15) is 5.75 Å². The molecule has 0 spiro atoms. The zero-order chi connectivity index (χ0) is 18.7. The lowest BCUT2D eigenvalue weighted by atomic mass is 10.0. The summed E-state index contributed by atoms with van der Waals surface area (Å²) in [6.07, 6.45) is 1.40. The zero-order valence-corrected chi connectivity index (χ0v) is 15.6. The fraction of sp³-hybridized carbons (Fsp3) is 0.368. The van der Waals surface area contributed by atoms with E-state index < -0.39 is 15.8 Å². The van der Waals surface area contributed by atoms with Gasteiger partial charge in [-0.3, -0.25) is 0 Å². The summed E-state index contributed by atoms with van der Waals surface area (Å²) in [7, 11) is -3.82. The summed E-state index contributed by atoms with van der Waals surface area (Å²) in [6.45, 7) is 4.51. The molecule has 0 saturated heterocycles. The lowest BCUT2D eigenvalue weighted by molar-refractivity contribution is 0.321. The predicted molar refractivity (Wildman–Crippen MR) is 96.7 cm³/mol. The molecule has 0 fully saturated rings. The van der Waals surface area contributed by atoms with Crippen LogP contribution in [0.3, 0.4) is 0 Å². The van der Waals surface area contributed by atoms with E-state index in [1.165, 1.54) is 12.1 Å². The highest BCUT2D eigenvalue weighted by atomic mass is 32.2. The number of hydrogen-bond acceptors (Lipinski definition) is 4. The lowest BCUT2D eigenvalue weighted by Crippen LogP contribution is -2.34. The Morgan fingerprint density at radius 1 is 1.27 bits per heavy atom. The van der Waals surface area contributed by atoms with Gasteiger partial charge < -0.3 is 9.47 Å². The quantitative estimate of drug-likeness (QED) is 0.803. The first-order valence-corrected chi connectivity index (χ1v) is 10.1. The number of fused-ring (bicyclic) bond motifs is 1. The van der Waals surface area contributed by atoms with Crippen LogP contribution in [0.15, 0.2) is 41.3 Å². The van der Waals surface area contributed by atoms with Crippen LogP contribution in [0.4, 0.5) is 4.39 Å². The van der Waals surface area contributed by atoms with Gasteiger partial charge in [-0.2, -0.15) is 0 Å². The molecule has 140 valence electrons. The predicted octanol–water partition coefficient (Wildman–Crippen LogP) is 3.07. The van der Waals surface area contributed by atoms with Gasteiger partial charge in [0.25, 0.3) is 0 Å². The number of benzene rings is 2. The van der Waals surface area contributed by atoms with Crippen molar-refractivity contribution in [3.8, 4) is 11.5 Å². The molecule has 1 atom stereocenters. The van der Waals surface area contributed by atoms with Crippen molar-refractivity contribution in [2.75, 3.05) is 13.2 Å². The molecule has 1 aliphatic heterocycles. The molecule has 0 aliphatic carbocycles. The minimum absolute atomic E-state index is 0.0415. The standard InChI is InChI=1S/C19H22FNO4S/c1-3-24-19-7-5-16(12-17(19)20)26(22,23)21-13(2)10-14-4-6-18-15(11-14)8-9-25-18/h4-7,11-13,21H,3,8-10H2,1-2H3. The second-order valence-corrected chi connectivity index (χ2v) is 8.01. The molecule has 0 aromatic heterocycles. The molecular formula is C19H22FNO4S. The first kappa shape index (κ1) is 18.7. The van der Waals surface area contributed by atoms with Crippen molar-refractivity contribution in [3.63, 3.8) is 0 Å². The van der Waals surface area contributed by atoms with Crippen LogP contribution in [-0.4, -0.2) is 27.7 Å². The Morgan fingerprint density at radius 2 is 2.08 bits per heavy atom. The van der Waals surface area contributed by atoms with Crippen molar-refractivity contribution in [1.82, 2.24) is 4.72 Å². The minimum Gasteiger partial charge on any atom is -0.493 e. The van der Waals surface area contributed by atoms with Gasteiger partial charge in [-0.15, -0.1) is 0 Å². The van der Waals surface area contributed by atoms with E-state index in [0.29, 0.717) is 19.6 Å². The van der Waals surface area contributed by atoms with Crippen LogP contribution in [-0.2, 0) is 22.9 Å². The van der Waals surface area contributed by atoms with E-state index in [1.54, 1.807) is 13.8 Å². The summed E-state index contributed by atoms with van der Waals surface area (Å²) < 4.78 is 52.1. The average molecular weight is 379 g/mol. The number of rotatable bonds is 7. The zero-order valence-electron chi connectivity index (χ0n) is 14.8. The van der Waals surface area contributed by atoms with E-state index in [0.717, 1.165) is 29.4 Å². The van der Waals surface area contributed by atoms with Gasteiger partial charge in [-0.05, 0) is 55.7 Å². The molecule has 0 radical (unpaired) electrons. The van der Waals surface area contributed by atoms with Gasteiger partial charge in [0.05, 0.1) is 18.1 Å². The largest absolute Gasteiger partial charge is 0.493 e. The molecule has 0 saturated carbocycles. The smallest absolute Gasteiger partial charge is 0.240 e. The maximum absolute atomic E-state index is 13.9. The highest BCUT2D eigenvalue weighted by Gasteiger charge is 2.20. The molecule has 0 amide bonds. The molecule has 1 aliphatic rings. The Labute approximate surface area is 153 Å². The minimum atomic E-state index is -3.82. The molecule has 26 heavy (non-hydrogen) atoms. The number of halogens is 1. The fourth-order valence-electron chi connectivity index (χ4n) is 3.02. The summed E-state index contributed by atoms with van der Waals surface area (Å²) >= 11 is 0.